The number of aromatic nitrogens is 1. The molecule has 1 aliphatic heterocycles. The lowest BCUT2D eigenvalue weighted by Crippen LogP contribution is -2.29. The summed E-state index contributed by atoms with van der Waals surface area (Å²) in [5.74, 6) is 1.39. The Bertz CT molecular complexity index is 936. The van der Waals surface area contributed by atoms with E-state index in [0.717, 1.165) is 47.2 Å². The van der Waals surface area contributed by atoms with Gasteiger partial charge in [0.15, 0.2) is 0 Å². The van der Waals surface area contributed by atoms with Crippen LogP contribution in [0.3, 0.4) is 0 Å². The van der Waals surface area contributed by atoms with Crippen LogP contribution in [0.25, 0.3) is 5.00 Å². The van der Waals surface area contributed by atoms with E-state index in [1.807, 2.05) is 28.5 Å². The number of thiophene rings is 1. The Hall–Kier alpha value is -2.53. The molecule has 3 heterocycles. The molecule has 1 atom stereocenters. The van der Waals surface area contributed by atoms with Crippen molar-refractivity contribution in [2.24, 2.45) is 0 Å². The average molecular weight is 381 g/mol. The molecule has 3 aromatic rings. The van der Waals surface area contributed by atoms with Crippen LogP contribution in [0, 0.1) is 13.8 Å². The van der Waals surface area contributed by atoms with Gasteiger partial charge in [-0.05, 0) is 61.5 Å². The zero-order valence-electron chi connectivity index (χ0n) is 15.9. The van der Waals surface area contributed by atoms with Gasteiger partial charge in [-0.15, -0.1) is 11.3 Å². The van der Waals surface area contributed by atoms with Crippen molar-refractivity contribution in [1.29, 1.82) is 0 Å². The number of ether oxygens (including phenoxy) is 1. The Kier molecular flexibility index (Phi) is 4.79. The molecule has 4 nitrogen and oxygen atoms in total. The lowest BCUT2D eigenvalue weighted by Gasteiger charge is -2.18. The molecule has 0 bridgehead atoms. The first-order chi connectivity index (χ1) is 13.1. The van der Waals surface area contributed by atoms with Crippen molar-refractivity contribution in [3.05, 3.63) is 70.4 Å². The Morgan fingerprint density at radius 1 is 1.07 bits per heavy atom. The quantitative estimate of drug-likeness (QED) is 0.652. The molecule has 140 valence electrons. The van der Waals surface area contributed by atoms with Crippen LogP contribution in [-0.4, -0.2) is 35.6 Å². The lowest BCUT2D eigenvalue weighted by atomic mass is 9.98. The molecule has 1 aliphatic rings. The number of methoxy groups -OCH3 is 1. The van der Waals surface area contributed by atoms with Gasteiger partial charge in [0, 0.05) is 30.4 Å². The van der Waals surface area contributed by atoms with Gasteiger partial charge in [-0.1, -0.05) is 12.1 Å². The van der Waals surface area contributed by atoms with E-state index in [0.29, 0.717) is 5.92 Å². The molecule has 5 heteroatoms. The molecule has 0 spiro atoms. The number of hydrogen-bond acceptors (Lipinski definition) is 3. The van der Waals surface area contributed by atoms with Crippen molar-refractivity contribution in [1.82, 2.24) is 9.47 Å². The van der Waals surface area contributed by atoms with Crippen molar-refractivity contribution < 1.29 is 9.53 Å². The fraction of sp³-hybridized carbons (Fsp3) is 0.318. The van der Waals surface area contributed by atoms with Gasteiger partial charge in [0.1, 0.15) is 10.8 Å². The van der Waals surface area contributed by atoms with E-state index in [2.05, 4.69) is 42.7 Å². The number of likely N-dealkylation sites (tertiary alicyclic amines) is 1. The molecule has 27 heavy (non-hydrogen) atoms. The minimum absolute atomic E-state index is 0.134. The molecule has 0 saturated carbocycles. The lowest BCUT2D eigenvalue weighted by molar-refractivity contribution is 0.0791. The third-order valence-electron chi connectivity index (χ3n) is 5.41. The van der Waals surface area contributed by atoms with Crippen LogP contribution in [0.15, 0.2) is 47.8 Å². The van der Waals surface area contributed by atoms with E-state index >= 15 is 0 Å². The predicted molar refractivity (Wildman–Crippen MR) is 109 cm³/mol. The number of amides is 1. The third-order valence-corrected chi connectivity index (χ3v) is 6.31. The molecule has 4 rings (SSSR count). The maximum atomic E-state index is 13.2. The number of benzene rings is 1. The van der Waals surface area contributed by atoms with E-state index in [-0.39, 0.29) is 5.91 Å². The summed E-state index contributed by atoms with van der Waals surface area (Å²) in [6.45, 7) is 5.73. The van der Waals surface area contributed by atoms with Gasteiger partial charge in [0.25, 0.3) is 5.91 Å². The molecule has 1 unspecified atom stereocenters. The van der Waals surface area contributed by atoms with Gasteiger partial charge in [0.05, 0.1) is 12.7 Å². The summed E-state index contributed by atoms with van der Waals surface area (Å²) in [5.41, 5.74) is 4.38. The van der Waals surface area contributed by atoms with E-state index in [1.165, 1.54) is 5.56 Å². The Morgan fingerprint density at radius 2 is 1.78 bits per heavy atom. The SMILES string of the molecule is COc1ccc(C2CCN(C(=O)c3ccsc3-n3c(C)ccc3C)C2)cc1. The van der Waals surface area contributed by atoms with Crippen molar-refractivity contribution in [2.45, 2.75) is 26.2 Å². The summed E-state index contributed by atoms with van der Waals surface area (Å²) in [6.07, 6.45) is 0.999. The zero-order chi connectivity index (χ0) is 19.0. The van der Waals surface area contributed by atoms with E-state index in [4.69, 9.17) is 4.74 Å². The summed E-state index contributed by atoms with van der Waals surface area (Å²) in [7, 11) is 1.68. The smallest absolute Gasteiger partial charge is 0.256 e. The maximum Gasteiger partial charge on any atom is 0.256 e. The van der Waals surface area contributed by atoms with E-state index in [9.17, 15) is 4.79 Å². The molecular formula is C22H24N2O2S. The first kappa shape index (κ1) is 17.9. The summed E-state index contributed by atoms with van der Waals surface area (Å²) >= 11 is 1.63. The van der Waals surface area contributed by atoms with Crippen LogP contribution in [0.5, 0.6) is 5.75 Å². The van der Waals surface area contributed by atoms with Crippen molar-refractivity contribution >= 4 is 17.2 Å². The molecule has 2 aromatic heterocycles. The van der Waals surface area contributed by atoms with Crippen LogP contribution in [-0.2, 0) is 0 Å². The number of carbonyl (C=O) groups is 1. The second kappa shape index (κ2) is 7.24. The maximum absolute atomic E-state index is 13.2. The average Bonchev–Trinajstić information content (AvgIpc) is 3.41. The van der Waals surface area contributed by atoms with Crippen molar-refractivity contribution in [3.63, 3.8) is 0 Å². The number of carbonyl (C=O) groups excluding carboxylic acids is 1. The number of hydrogen-bond donors (Lipinski definition) is 0. The summed E-state index contributed by atoms with van der Waals surface area (Å²) < 4.78 is 7.42. The molecule has 1 fully saturated rings. The predicted octanol–water partition coefficient (Wildman–Crippen LogP) is 4.79. The first-order valence-electron chi connectivity index (χ1n) is 9.24. The topological polar surface area (TPSA) is 34.5 Å². The monoisotopic (exact) mass is 380 g/mol. The van der Waals surface area contributed by atoms with Gasteiger partial charge in [-0.3, -0.25) is 4.79 Å². The second-order valence-corrected chi connectivity index (χ2v) is 8.00. The molecular weight excluding hydrogens is 356 g/mol. The van der Waals surface area contributed by atoms with E-state index < -0.39 is 0 Å². The molecule has 0 radical (unpaired) electrons. The summed E-state index contributed by atoms with van der Waals surface area (Å²) in [5, 5.41) is 3.03. The molecule has 0 N–H and O–H groups in total. The van der Waals surface area contributed by atoms with Gasteiger partial charge < -0.3 is 14.2 Å². The van der Waals surface area contributed by atoms with Gasteiger partial charge in [0.2, 0.25) is 0 Å². The minimum atomic E-state index is 0.134. The molecule has 1 aromatic carbocycles. The van der Waals surface area contributed by atoms with Crippen molar-refractivity contribution in [2.75, 3.05) is 20.2 Å². The Morgan fingerprint density at radius 3 is 2.44 bits per heavy atom. The van der Waals surface area contributed by atoms with Gasteiger partial charge >= 0.3 is 0 Å². The summed E-state index contributed by atoms with van der Waals surface area (Å²) in [4.78, 5) is 15.2. The standard InChI is InChI=1S/C22H24N2O2S/c1-15-4-5-16(2)24(15)22-20(11-13-27-22)21(25)23-12-10-18(14-23)17-6-8-19(26-3)9-7-17/h4-9,11,13,18H,10,12,14H2,1-3H3. The highest BCUT2D eigenvalue weighted by atomic mass is 32.1. The first-order valence-corrected chi connectivity index (χ1v) is 10.1. The third kappa shape index (κ3) is 3.28. The van der Waals surface area contributed by atoms with E-state index in [1.54, 1.807) is 18.4 Å². The van der Waals surface area contributed by atoms with Gasteiger partial charge in [-0.25, -0.2) is 0 Å². The second-order valence-electron chi connectivity index (χ2n) is 7.10. The van der Waals surface area contributed by atoms with Crippen LogP contribution in [0.2, 0.25) is 0 Å². The Labute approximate surface area is 164 Å². The highest BCUT2D eigenvalue weighted by Crippen LogP contribution is 2.32. The molecule has 0 aliphatic carbocycles. The molecule has 1 amide bonds. The highest BCUT2D eigenvalue weighted by Gasteiger charge is 2.30. The van der Waals surface area contributed by atoms with Gasteiger partial charge in [-0.2, -0.15) is 0 Å². The van der Waals surface area contributed by atoms with Crippen LogP contribution in [0.1, 0.15) is 39.6 Å². The summed E-state index contributed by atoms with van der Waals surface area (Å²) in [6, 6.07) is 14.4. The van der Waals surface area contributed by atoms with Crippen LogP contribution in [0.4, 0.5) is 0 Å². The fourth-order valence-corrected chi connectivity index (χ4v) is 4.90. The Balaban J connectivity index is 1.54. The highest BCUT2D eigenvalue weighted by molar-refractivity contribution is 7.13. The molecule has 1 saturated heterocycles. The largest absolute Gasteiger partial charge is 0.497 e. The van der Waals surface area contributed by atoms with Crippen LogP contribution >= 0.6 is 11.3 Å². The number of aryl methyl sites for hydroxylation is 2. The zero-order valence-corrected chi connectivity index (χ0v) is 16.8. The number of nitrogens with zero attached hydrogens (tertiary/aromatic N) is 2. The normalized spacial score (nSPS) is 16.7. The van der Waals surface area contributed by atoms with Crippen LogP contribution < -0.4 is 4.74 Å². The fourth-order valence-electron chi connectivity index (χ4n) is 3.89. The van der Waals surface area contributed by atoms with Crippen molar-refractivity contribution in [3.8, 4) is 10.8 Å². The number of rotatable bonds is 4. The minimum Gasteiger partial charge on any atom is -0.497 e.